The number of halogens is 2. The molecule has 0 aromatic heterocycles. The third-order valence-corrected chi connectivity index (χ3v) is 3.38. The van der Waals surface area contributed by atoms with Crippen molar-refractivity contribution in [2.45, 2.75) is 13.0 Å². The first-order valence-corrected chi connectivity index (χ1v) is 8.11. The van der Waals surface area contributed by atoms with Crippen LogP contribution in [0.5, 0.6) is 5.75 Å². The lowest BCUT2D eigenvalue weighted by Gasteiger charge is -2.06. The SMILES string of the molecule is N#CCc1ccc(NC(=O)COC(=O)/C=C/c2ccc(OC(F)F)cc2)cc1. The van der Waals surface area contributed by atoms with Crippen molar-refractivity contribution in [1.29, 1.82) is 5.26 Å². The summed E-state index contributed by atoms with van der Waals surface area (Å²) < 4.78 is 33.2. The van der Waals surface area contributed by atoms with Gasteiger partial charge in [-0.3, -0.25) is 4.79 Å². The van der Waals surface area contributed by atoms with Crippen molar-refractivity contribution >= 4 is 23.6 Å². The molecule has 0 radical (unpaired) electrons. The largest absolute Gasteiger partial charge is 0.452 e. The molecule has 0 atom stereocenters. The van der Waals surface area contributed by atoms with Gasteiger partial charge in [0.15, 0.2) is 6.61 Å². The fourth-order valence-electron chi connectivity index (χ4n) is 2.10. The average molecular weight is 386 g/mol. The first-order chi connectivity index (χ1) is 13.5. The first-order valence-electron chi connectivity index (χ1n) is 8.11. The Morgan fingerprint density at radius 2 is 1.79 bits per heavy atom. The van der Waals surface area contributed by atoms with E-state index in [1.165, 1.54) is 30.3 Å². The summed E-state index contributed by atoms with van der Waals surface area (Å²) in [6, 6.07) is 14.4. The van der Waals surface area contributed by atoms with Crippen molar-refractivity contribution in [2.75, 3.05) is 11.9 Å². The minimum atomic E-state index is -2.90. The van der Waals surface area contributed by atoms with Crippen LogP contribution in [0.1, 0.15) is 11.1 Å². The molecule has 0 saturated heterocycles. The molecule has 0 saturated carbocycles. The normalized spacial score (nSPS) is 10.5. The van der Waals surface area contributed by atoms with Gasteiger partial charge in [-0.25, -0.2) is 4.79 Å². The van der Waals surface area contributed by atoms with Gasteiger partial charge in [-0.15, -0.1) is 0 Å². The van der Waals surface area contributed by atoms with Crippen molar-refractivity contribution in [3.05, 3.63) is 65.7 Å². The number of ether oxygens (including phenoxy) is 2. The molecule has 28 heavy (non-hydrogen) atoms. The number of carbonyl (C=O) groups is 2. The highest BCUT2D eigenvalue weighted by Gasteiger charge is 2.06. The number of carbonyl (C=O) groups excluding carboxylic acids is 2. The van der Waals surface area contributed by atoms with E-state index >= 15 is 0 Å². The second-order valence-corrected chi connectivity index (χ2v) is 5.47. The van der Waals surface area contributed by atoms with Crippen LogP contribution < -0.4 is 10.1 Å². The van der Waals surface area contributed by atoms with Crippen LogP contribution in [0.3, 0.4) is 0 Å². The number of hydrogen-bond donors (Lipinski definition) is 1. The minimum absolute atomic E-state index is 0.00653. The van der Waals surface area contributed by atoms with Crippen LogP contribution in [0.15, 0.2) is 54.6 Å². The van der Waals surface area contributed by atoms with Crippen molar-refractivity contribution in [3.8, 4) is 11.8 Å². The van der Waals surface area contributed by atoms with Crippen molar-refractivity contribution in [3.63, 3.8) is 0 Å². The van der Waals surface area contributed by atoms with Crippen LogP contribution in [0.2, 0.25) is 0 Å². The van der Waals surface area contributed by atoms with Gasteiger partial charge in [0, 0.05) is 11.8 Å². The quantitative estimate of drug-likeness (QED) is 0.554. The van der Waals surface area contributed by atoms with Crippen LogP contribution in [-0.2, 0) is 20.7 Å². The Morgan fingerprint density at radius 1 is 1.11 bits per heavy atom. The molecule has 144 valence electrons. The number of nitriles is 1. The maximum absolute atomic E-state index is 12.1. The van der Waals surface area contributed by atoms with Crippen molar-refractivity contribution in [2.24, 2.45) is 0 Å². The molecular formula is C20H16F2N2O4. The van der Waals surface area contributed by atoms with E-state index in [2.05, 4.69) is 10.1 Å². The topological polar surface area (TPSA) is 88.4 Å². The van der Waals surface area contributed by atoms with Gasteiger partial charge in [0.25, 0.3) is 5.91 Å². The van der Waals surface area contributed by atoms with Gasteiger partial charge in [-0.05, 0) is 41.5 Å². The number of nitrogens with zero attached hydrogens (tertiary/aromatic N) is 1. The van der Waals surface area contributed by atoms with E-state index < -0.39 is 25.1 Å². The summed E-state index contributed by atoms with van der Waals surface area (Å²) in [6.07, 6.45) is 2.81. The third kappa shape index (κ3) is 7.25. The molecule has 6 nitrogen and oxygen atoms in total. The molecule has 0 unspecified atom stereocenters. The highest BCUT2D eigenvalue weighted by Crippen LogP contribution is 2.15. The zero-order valence-corrected chi connectivity index (χ0v) is 14.6. The van der Waals surface area contributed by atoms with E-state index in [4.69, 9.17) is 10.00 Å². The summed E-state index contributed by atoms with van der Waals surface area (Å²) in [5.74, 6) is -1.23. The van der Waals surface area contributed by atoms with Crippen LogP contribution in [0.4, 0.5) is 14.5 Å². The lowest BCUT2D eigenvalue weighted by atomic mass is 10.1. The van der Waals surface area contributed by atoms with Gasteiger partial charge < -0.3 is 14.8 Å². The van der Waals surface area contributed by atoms with Gasteiger partial charge >= 0.3 is 12.6 Å². The maximum Gasteiger partial charge on any atom is 0.387 e. The predicted octanol–water partition coefficient (Wildman–Crippen LogP) is 3.55. The molecular weight excluding hydrogens is 370 g/mol. The van der Waals surface area contributed by atoms with E-state index in [1.54, 1.807) is 24.3 Å². The number of rotatable bonds is 8. The van der Waals surface area contributed by atoms with Crippen LogP contribution in [0.25, 0.3) is 6.08 Å². The van der Waals surface area contributed by atoms with E-state index in [0.717, 1.165) is 11.6 Å². The molecule has 2 aromatic rings. The summed E-state index contributed by atoms with van der Waals surface area (Å²) in [4.78, 5) is 23.4. The number of anilines is 1. The lowest BCUT2D eigenvalue weighted by molar-refractivity contribution is -0.142. The molecule has 0 aliphatic rings. The molecule has 0 aliphatic heterocycles. The Labute approximate surface area is 160 Å². The smallest absolute Gasteiger partial charge is 0.387 e. The predicted molar refractivity (Wildman–Crippen MR) is 97.5 cm³/mol. The van der Waals surface area contributed by atoms with Crippen molar-refractivity contribution < 1.29 is 27.8 Å². The Bertz CT molecular complexity index is 873. The number of benzene rings is 2. The fourth-order valence-corrected chi connectivity index (χ4v) is 2.10. The van der Waals surface area contributed by atoms with Gasteiger partial charge in [0.2, 0.25) is 0 Å². The molecule has 2 rings (SSSR count). The standard InChI is InChI=1S/C20H16F2N2O4/c21-20(22)28-17-8-3-14(4-9-17)5-10-19(26)27-13-18(25)24-16-6-1-15(2-7-16)11-12-23/h1-10,20H,11,13H2,(H,24,25)/b10-5+. The minimum Gasteiger partial charge on any atom is -0.452 e. The number of esters is 1. The summed E-state index contributed by atoms with van der Waals surface area (Å²) in [6.45, 7) is -3.37. The van der Waals surface area contributed by atoms with E-state index in [1.807, 2.05) is 6.07 Å². The molecule has 1 N–H and O–H groups in total. The molecule has 0 aliphatic carbocycles. The number of nitrogens with one attached hydrogen (secondary N) is 1. The van der Waals surface area contributed by atoms with Crippen LogP contribution in [-0.4, -0.2) is 25.1 Å². The first kappa shape index (κ1) is 20.6. The second kappa shape index (κ2) is 10.4. The Morgan fingerprint density at radius 3 is 2.39 bits per heavy atom. The summed E-state index contributed by atoms with van der Waals surface area (Å²) in [5, 5.41) is 11.2. The second-order valence-electron chi connectivity index (χ2n) is 5.47. The van der Waals surface area contributed by atoms with Crippen LogP contribution in [0, 0.1) is 11.3 Å². The molecule has 0 bridgehead atoms. The maximum atomic E-state index is 12.1. The van der Waals surface area contributed by atoms with E-state index in [0.29, 0.717) is 11.3 Å². The van der Waals surface area contributed by atoms with Gasteiger partial charge in [-0.2, -0.15) is 14.0 Å². The monoisotopic (exact) mass is 386 g/mol. The zero-order valence-electron chi connectivity index (χ0n) is 14.6. The van der Waals surface area contributed by atoms with Gasteiger partial charge in [0.1, 0.15) is 5.75 Å². The van der Waals surface area contributed by atoms with E-state index in [9.17, 15) is 18.4 Å². The van der Waals surface area contributed by atoms with Gasteiger partial charge in [-0.1, -0.05) is 24.3 Å². The summed E-state index contributed by atoms with van der Waals surface area (Å²) >= 11 is 0. The molecule has 0 fully saturated rings. The zero-order chi connectivity index (χ0) is 20.4. The molecule has 0 heterocycles. The Kier molecular flexibility index (Phi) is 7.66. The molecule has 2 aromatic carbocycles. The Balaban J connectivity index is 1.77. The molecule has 8 heteroatoms. The molecule has 0 spiro atoms. The average Bonchev–Trinajstić information content (AvgIpc) is 2.67. The Hall–Kier alpha value is -3.73. The number of hydrogen-bond acceptors (Lipinski definition) is 5. The highest BCUT2D eigenvalue weighted by molar-refractivity contribution is 5.94. The lowest BCUT2D eigenvalue weighted by Crippen LogP contribution is -2.20. The number of alkyl halides is 2. The van der Waals surface area contributed by atoms with E-state index in [-0.39, 0.29) is 12.2 Å². The highest BCUT2D eigenvalue weighted by atomic mass is 19.3. The number of amides is 1. The fraction of sp³-hybridized carbons (Fsp3) is 0.150. The van der Waals surface area contributed by atoms with Gasteiger partial charge in [0.05, 0.1) is 12.5 Å². The summed E-state index contributed by atoms with van der Waals surface area (Å²) in [5.41, 5.74) is 1.91. The molecule has 1 amide bonds. The van der Waals surface area contributed by atoms with Crippen LogP contribution >= 0.6 is 0 Å². The van der Waals surface area contributed by atoms with Crippen molar-refractivity contribution in [1.82, 2.24) is 0 Å². The third-order valence-electron chi connectivity index (χ3n) is 3.38. The summed E-state index contributed by atoms with van der Waals surface area (Å²) in [7, 11) is 0.